The van der Waals surface area contributed by atoms with Gasteiger partial charge >= 0.3 is 17.9 Å². The summed E-state index contributed by atoms with van der Waals surface area (Å²) in [6, 6.07) is 0. The molecule has 3 N–H and O–H groups in total. The Bertz CT molecular complexity index is 242. The van der Waals surface area contributed by atoms with Gasteiger partial charge in [-0.25, -0.2) is 0 Å². The van der Waals surface area contributed by atoms with Crippen molar-refractivity contribution in [2.75, 3.05) is 0 Å². The lowest BCUT2D eigenvalue weighted by Crippen LogP contribution is -2.30. The van der Waals surface area contributed by atoms with Gasteiger partial charge in [-0.2, -0.15) is 0 Å². The Morgan fingerprint density at radius 2 is 1.19 bits per heavy atom. The number of aliphatic carboxylic acids is 3. The van der Waals surface area contributed by atoms with Gasteiger partial charge in [0.1, 0.15) is 0 Å². The van der Waals surface area contributed by atoms with E-state index < -0.39 is 42.6 Å². The quantitative estimate of drug-likeness (QED) is 0.579. The first-order valence-electron chi connectivity index (χ1n) is 4.97. The SMILES string of the molecule is CCCC(CC(=O)O)(CC(=O)O)CC(=O)O. The molecule has 0 aromatic heterocycles. The molecule has 0 saturated carbocycles. The van der Waals surface area contributed by atoms with Crippen molar-refractivity contribution in [3.63, 3.8) is 0 Å². The average molecular weight is 232 g/mol. The maximum absolute atomic E-state index is 10.7. The third-order valence-corrected chi connectivity index (χ3v) is 2.36. The van der Waals surface area contributed by atoms with Crippen molar-refractivity contribution in [1.82, 2.24) is 0 Å². The minimum atomic E-state index is -1.18. The van der Waals surface area contributed by atoms with Crippen LogP contribution in [0.15, 0.2) is 0 Å². The monoisotopic (exact) mass is 232 g/mol. The normalized spacial score (nSPS) is 11.1. The fraction of sp³-hybridized carbons (Fsp3) is 0.700. The highest BCUT2D eigenvalue weighted by Crippen LogP contribution is 2.36. The van der Waals surface area contributed by atoms with Crippen LogP contribution < -0.4 is 0 Å². The molecule has 0 radical (unpaired) electrons. The van der Waals surface area contributed by atoms with Crippen molar-refractivity contribution in [2.24, 2.45) is 5.41 Å². The van der Waals surface area contributed by atoms with Gasteiger partial charge in [-0.3, -0.25) is 14.4 Å². The number of carboxylic acids is 3. The van der Waals surface area contributed by atoms with Gasteiger partial charge in [0.25, 0.3) is 0 Å². The van der Waals surface area contributed by atoms with Crippen LogP contribution in [-0.2, 0) is 14.4 Å². The van der Waals surface area contributed by atoms with Gasteiger partial charge in [0.15, 0.2) is 0 Å². The first-order valence-corrected chi connectivity index (χ1v) is 4.97. The second kappa shape index (κ2) is 6.09. The Kier molecular flexibility index (Phi) is 5.49. The summed E-state index contributed by atoms with van der Waals surface area (Å²) in [7, 11) is 0. The van der Waals surface area contributed by atoms with E-state index in [2.05, 4.69) is 0 Å². The molecule has 0 bridgehead atoms. The molecule has 0 heterocycles. The minimum absolute atomic E-state index is 0.276. The zero-order valence-electron chi connectivity index (χ0n) is 9.10. The Morgan fingerprint density at radius 1 is 0.875 bits per heavy atom. The highest BCUT2D eigenvalue weighted by atomic mass is 16.4. The molecule has 0 amide bonds. The van der Waals surface area contributed by atoms with E-state index in [0.717, 1.165) is 0 Å². The first kappa shape index (κ1) is 14.4. The van der Waals surface area contributed by atoms with Gasteiger partial charge in [-0.1, -0.05) is 13.3 Å². The lowest BCUT2D eigenvalue weighted by atomic mass is 9.74. The molecule has 0 aromatic carbocycles. The lowest BCUT2D eigenvalue weighted by molar-refractivity contribution is -0.147. The van der Waals surface area contributed by atoms with Crippen molar-refractivity contribution < 1.29 is 29.7 Å². The average Bonchev–Trinajstić information content (AvgIpc) is 1.98. The van der Waals surface area contributed by atoms with Gasteiger partial charge in [0.05, 0.1) is 19.3 Å². The molecular weight excluding hydrogens is 216 g/mol. The summed E-state index contributed by atoms with van der Waals surface area (Å²) in [6.45, 7) is 1.76. The highest BCUT2D eigenvalue weighted by Gasteiger charge is 2.36. The summed E-state index contributed by atoms with van der Waals surface area (Å²) in [5, 5.41) is 26.1. The molecule has 16 heavy (non-hydrogen) atoms. The van der Waals surface area contributed by atoms with Gasteiger partial charge in [-0.05, 0) is 6.42 Å². The van der Waals surface area contributed by atoms with Crippen LogP contribution in [0.2, 0.25) is 0 Å². The maximum Gasteiger partial charge on any atom is 0.303 e. The smallest absolute Gasteiger partial charge is 0.303 e. The molecule has 0 aliphatic carbocycles. The van der Waals surface area contributed by atoms with E-state index >= 15 is 0 Å². The first-order chi connectivity index (χ1) is 7.31. The van der Waals surface area contributed by atoms with Crippen molar-refractivity contribution >= 4 is 17.9 Å². The molecular formula is C10H16O6. The number of rotatable bonds is 8. The van der Waals surface area contributed by atoms with Gasteiger partial charge < -0.3 is 15.3 Å². The molecule has 6 nitrogen and oxygen atoms in total. The summed E-state index contributed by atoms with van der Waals surface area (Å²) in [6.07, 6.45) is -0.468. The summed E-state index contributed by atoms with van der Waals surface area (Å²) in [4.78, 5) is 32.0. The zero-order valence-corrected chi connectivity index (χ0v) is 9.10. The third-order valence-electron chi connectivity index (χ3n) is 2.36. The molecule has 6 heteroatoms. The molecule has 0 fully saturated rings. The number of carboxylic acid groups (broad SMARTS) is 3. The van der Waals surface area contributed by atoms with Crippen molar-refractivity contribution in [3.05, 3.63) is 0 Å². The Morgan fingerprint density at radius 3 is 1.38 bits per heavy atom. The zero-order chi connectivity index (χ0) is 12.8. The van der Waals surface area contributed by atoms with Crippen LogP contribution in [0.5, 0.6) is 0 Å². The van der Waals surface area contributed by atoms with Crippen LogP contribution in [0.4, 0.5) is 0 Å². The van der Waals surface area contributed by atoms with E-state index in [9.17, 15) is 14.4 Å². The molecule has 0 aliphatic heterocycles. The van der Waals surface area contributed by atoms with E-state index in [-0.39, 0.29) is 6.42 Å². The van der Waals surface area contributed by atoms with Crippen LogP contribution in [-0.4, -0.2) is 33.2 Å². The topological polar surface area (TPSA) is 112 Å². The summed E-state index contributed by atoms with van der Waals surface area (Å²) < 4.78 is 0. The summed E-state index contributed by atoms with van der Waals surface area (Å²) in [5.74, 6) is -3.51. The van der Waals surface area contributed by atoms with Crippen molar-refractivity contribution in [1.29, 1.82) is 0 Å². The number of hydrogen-bond acceptors (Lipinski definition) is 3. The lowest BCUT2D eigenvalue weighted by Gasteiger charge is -2.28. The Hall–Kier alpha value is -1.59. The molecule has 92 valence electrons. The predicted octanol–water partition coefficient (Wildman–Crippen LogP) is 1.20. The van der Waals surface area contributed by atoms with Crippen LogP contribution in [0.1, 0.15) is 39.0 Å². The van der Waals surface area contributed by atoms with Gasteiger partial charge in [0, 0.05) is 5.41 Å². The van der Waals surface area contributed by atoms with Crippen molar-refractivity contribution in [3.8, 4) is 0 Å². The maximum atomic E-state index is 10.7. The molecule has 0 atom stereocenters. The summed E-state index contributed by atoms with van der Waals surface area (Å²) >= 11 is 0. The van der Waals surface area contributed by atoms with Crippen LogP contribution in [0.3, 0.4) is 0 Å². The molecule has 0 unspecified atom stereocenters. The van der Waals surface area contributed by atoms with E-state index in [1.807, 2.05) is 0 Å². The van der Waals surface area contributed by atoms with Crippen LogP contribution in [0, 0.1) is 5.41 Å². The highest BCUT2D eigenvalue weighted by molar-refractivity contribution is 5.75. The molecule has 0 aliphatic rings. The van der Waals surface area contributed by atoms with Crippen molar-refractivity contribution in [2.45, 2.75) is 39.0 Å². The fourth-order valence-electron chi connectivity index (χ4n) is 1.95. The summed E-state index contributed by atoms with van der Waals surface area (Å²) in [5.41, 5.74) is -1.18. The van der Waals surface area contributed by atoms with E-state index in [1.165, 1.54) is 0 Å². The Labute approximate surface area is 92.9 Å². The van der Waals surface area contributed by atoms with E-state index in [0.29, 0.717) is 6.42 Å². The largest absolute Gasteiger partial charge is 0.481 e. The third kappa shape index (κ3) is 5.33. The molecule has 0 rings (SSSR count). The predicted molar refractivity (Wildman–Crippen MR) is 54.1 cm³/mol. The molecule has 0 saturated heterocycles. The van der Waals surface area contributed by atoms with E-state index in [1.54, 1.807) is 6.92 Å². The number of hydrogen-bond donors (Lipinski definition) is 3. The minimum Gasteiger partial charge on any atom is -0.481 e. The Balaban J connectivity index is 4.93. The fourth-order valence-corrected chi connectivity index (χ4v) is 1.95. The standard InChI is InChI=1S/C10H16O6/c1-2-3-10(4-7(11)12,5-8(13)14)6-9(15)16/h2-6H2,1H3,(H,11,12)(H,13,14)(H,15,16). The van der Waals surface area contributed by atoms with Crippen LogP contribution >= 0.6 is 0 Å². The van der Waals surface area contributed by atoms with Crippen LogP contribution in [0.25, 0.3) is 0 Å². The van der Waals surface area contributed by atoms with Gasteiger partial charge in [0.2, 0.25) is 0 Å². The van der Waals surface area contributed by atoms with E-state index in [4.69, 9.17) is 15.3 Å². The number of carbonyl (C=O) groups is 3. The second-order valence-electron chi connectivity index (χ2n) is 3.96. The van der Waals surface area contributed by atoms with Gasteiger partial charge in [-0.15, -0.1) is 0 Å². The molecule has 0 aromatic rings. The second-order valence-corrected chi connectivity index (χ2v) is 3.96. The molecule has 0 spiro atoms.